The molecule has 0 saturated carbocycles. The number of nitrogens with zero attached hydrogens (tertiary/aromatic N) is 4. The zero-order valence-corrected chi connectivity index (χ0v) is 28.8. The van der Waals surface area contributed by atoms with E-state index in [0.29, 0.717) is 22.7 Å². The maximum Gasteiger partial charge on any atom is 0.298 e. The molecule has 6 nitrogen and oxygen atoms in total. The number of hydrogen-bond donors (Lipinski definition) is 1. The molecule has 1 atom stereocenters. The summed E-state index contributed by atoms with van der Waals surface area (Å²) in [6.07, 6.45) is 12.0. The van der Waals surface area contributed by atoms with Crippen LogP contribution in [0.4, 0.5) is 10.4 Å². The van der Waals surface area contributed by atoms with Crippen molar-refractivity contribution in [3.63, 3.8) is 0 Å². The van der Waals surface area contributed by atoms with Gasteiger partial charge in [0.25, 0.3) is 6.01 Å². The molecule has 0 bridgehead atoms. The number of benzene rings is 1. The van der Waals surface area contributed by atoms with Crippen molar-refractivity contribution in [1.82, 2.24) is 20.3 Å². The number of aromatic nitrogens is 3. The Bertz CT molecular complexity index is 1290. The monoisotopic (exact) mass is 687 g/mol. The summed E-state index contributed by atoms with van der Waals surface area (Å²) in [5, 5.41) is 5.93. The molecule has 5 rings (SSSR count). The van der Waals surface area contributed by atoms with Gasteiger partial charge in [-0.2, -0.15) is 4.98 Å². The first kappa shape index (κ1) is 31.9. The molecule has 3 aromatic heterocycles. The van der Waals surface area contributed by atoms with Crippen LogP contribution < -0.4 is 13.9 Å². The third-order valence-electron chi connectivity index (χ3n) is 8.09. The molecule has 1 aliphatic rings. The molecule has 1 aliphatic heterocycles. The smallest absolute Gasteiger partial charge is 0.298 e. The van der Waals surface area contributed by atoms with Crippen LogP contribution in [0.25, 0.3) is 21.7 Å². The standard InChI is InChI=1S/C15H15FN4OS.C5H4N.3C4H9.Sn/c1-9-8-17-2-4-20(9)15-19-12-7-10(16)6-11(13(12)21-15)14-18-3-5-22-14;1-2-4-6-5-3-1;3*1-3-4-2;/h3,5-7,9,17H,2,4,8H2,1H3;1-4H;3*1,3-4H2,2H3;/t9-;;;;;/m0...../s1. The zero-order valence-electron chi connectivity index (χ0n) is 25.2. The Hall–Kier alpha value is -2.04. The Morgan fingerprint density at radius 3 is 2.34 bits per heavy atom. The van der Waals surface area contributed by atoms with Gasteiger partial charge in [0.05, 0.1) is 5.56 Å². The number of unbranched alkanes of at least 4 members (excludes halogenated alkanes) is 3. The normalized spacial score (nSPS) is 15.6. The van der Waals surface area contributed by atoms with E-state index in [1.54, 1.807) is 9.91 Å². The van der Waals surface area contributed by atoms with Crippen molar-refractivity contribution in [2.24, 2.45) is 0 Å². The van der Waals surface area contributed by atoms with Crippen molar-refractivity contribution in [2.45, 2.75) is 85.6 Å². The summed E-state index contributed by atoms with van der Waals surface area (Å²) in [5.74, 6) is -0.328. The number of pyridine rings is 1. The molecule has 4 heterocycles. The first-order valence-corrected chi connectivity index (χ1v) is 23.8. The number of anilines is 1. The molecule has 0 unspecified atom stereocenters. The van der Waals surface area contributed by atoms with Gasteiger partial charge in [-0.15, -0.1) is 11.3 Å². The van der Waals surface area contributed by atoms with Gasteiger partial charge in [-0.3, -0.25) is 0 Å². The molecule has 9 heteroatoms. The molecule has 41 heavy (non-hydrogen) atoms. The molecule has 222 valence electrons. The van der Waals surface area contributed by atoms with Crippen LogP contribution in [-0.2, 0) is 0 Å². The maximum absolute atomic E-state index is 13.9. The van der Waals surface area contributed by atoms with E-state index < -0.39 is 18.4 Å². The number of piperazine rings is 1. The summed E-state index contributed by atoms with van der Waals surface area (Å²) in [6.45, 7) is 11.7. The van der Waals surface area contributed by atoms with Crippen molar-refractivity contribution in [2.75, 3.05) is 24.5 Å². The molecule has 1 N–H and O–H groups in total. The Morgan fingerprint density at radius 2 is 1.76 bits per heavy atom. The number of thiazole rings is 1. The molecule has 1 aromatic carbocycles. The van der Waals surface area contributed by atoms with Gasteiger partial charge in [0.1, 0.15) is 16.3 Å². The largest absolute Gasteiger partial charge is 0.423 e. The topological polar surface area (TPSA) is 67.1 Å². The van der Waals surface area contributed by atoms with Gasteiger partial charge in [0.2, 0.25) is 0 Å². The number of hydrogen-bond acceptors (Lipinski definition) is 7. The van der Waals surface area contributed by atoms with Crippen LogP contribution in [0.2, 0.25) is 13.3 Å². The number of rotatable bonds is 12. The van der Waals surface area contributed by atoms with Crippen LogP contribution in [0.5, 0.6) is 0 Å². The maximum atomic E-state index is 13.9. The van der Waals surface area contributed by atoms with Crippen molar-refractivity contribution in [3.05, 3.63) is 53.9 Å². The molecular weight excluding hydrogens is 640 g/mol. The van der Waals surface area contributed by atoms with Crippen LogP contribution in [0.1, 0.15) is 66.2 Å². The minimum absolute atomic E-state index is 0.287. The first-order chi connectivity index (χ1) is 20.0. The molecule has 0 spiro atoms. The fourth-order valence-corrected chi connectivity index (χ4v) is 21.8. The van der Waals surface area contributed by atoms with E-state index in [2.05, 4.69) is 66.1 Å². The fraction of sp³-hybridized carbons (Fsp3) is 0.531. The number of nitrogens with one attached hydrogen (secondary N) is 1. The van der Waals surface area contributed by atoms with E-state index in [1.165, 1.54) is 75.3 Å². The second kappa shape index (κ2) is 16.0. The predicted octanol–water partition coefficient (Wildman–Crippen LogP) is 8.03. The van der Waals surface area contributed by atoms with Crippen molar-refractivity contribution < 1.29 is 8.81 Å². The van der Waals surface area contributed by atoms with E-state index in [1.807, 2.05) is 11.6 Å². The van der Waals surface area contributed by atoms with Gasteiger partial charge < -0.3 is 14.6 Å². The molecule has 1 fully saturated rings. The SMILES string of the molecule is CCC[CH2][Sn]([CH2]CCC)([CH2]CCC)[c]1ccccn1.C[C@H]1CNCCN1c1nc2cc(F)cc(-c3nccs3)c2o1. The van der Waals surface area contributed by atoms with Crippen molar-refractivity contribution in [1.29, 1.82) is 0 Å². The predicted molar refractivity (Wildman–Crippen MR) is 174 cm³/mol. The Balaban J connectivity index is 0.000000192. The number of oxazole rings is 1. The second-order valence-electron chi connectivity index (χ2n) is 11.2. The molecular formula is C32H46FN5OSSn. The van der Waals surface area contributed by atoms with Gasteiger partial charge in [0.15, 0.2) is 5.58 Å². The minimum Gasteiger partial charge on any atom is -0.423 e. The summed E-state index contributed by atoms with van der Waals surface area (Å²) in [5.41, 5.74) is 1.79. The van der Waals surface area contributed by atoms with Gasteiger partial charge in [0, 0.05) is 43.3 Å². The number of fused-ring (bicyclic) bond motifs is 1. The van der Waals surface area contributed by atoms with E-state index in [0.717, 1.165) is 24.6 Å². The van der Waals surface area contributed by atoms with Gasteiger partial charge in [-0.1, -0.05) is 0 Å². The molecule has 0 radical (unpaired) electrons. The third-order valence-corrected chi connectivity index (χ3v) is 24.1. The fourth-order valence-electron chi connectivity index (χ4n) is 5.73. The average molecular weight is 687 g/mol. The first-order valence-electron chi connectivity index (χ1n) is 15.4. The minimum atomic E-state index is -2.21. The Morgan fingerprint density at radius 1 is 1.02 bits per heavy atom. The van der Waals surface area contributed by atoms with Crippen LogP contribution >= 0.6 is 11.3 Å². The molecule has 1 saturated heterocycles. The van der Waals surface area contributed by atoms with Gasteiger partial charge in [-0.25, -0.2) is 9.37 Å². The van der Waals surface area contributed by atoms with Crippen LogP contribution in [0, 0.1) is 5.82 Å². The van der Waals surface area contributed by atoms with E-state index in [-0.39, 0.29) is 11.9 Å². The van der Waals surface area contributed by atoms with Crippen LogP contribution in [0.3, 0.4) is 0 Å². The van der Waals surface area contributed by atoms with Crippen molar-refractivity contribution in [3.8, 4) is 10.6 Å². The molecule has 4 aromatic rings. The second-order valence-corrected chi connectivity index (χ2v) is 25.1. The Labute approximate surface area is 253 Å². The summed E-state index contributed by atoms with van der Waals surface area (Å²) < 4.78 is 26.0. The summed E-state index contributed by atoms with van der Waals surface area (Å²) in [6, 6.07) is 10.3. The van der Waals surface area contributed by atoms with E-state index in [4.69, 9.17) is 9.40 Å². The van der Waals surface area contributed by atoms with Crippen molar-refractivity contribution >= 4 is 50.5 Å². The summed E-state index contributed by atoms with van der Waals surface area (Å²) in [7, 11) is 0. The van der Waals surface area contributed by atoms with E-state index >= 15 is 0 Å². The Kier molecular flexibility index (Phi) is 12.4. The zero-order chi connectivity index (χ0) is 29.1. The summed E-state index contributed by atoms with van der Waals surface area (Å²) >= 11 is -0.751. The average Bonchev–Trinajstić information content (AvgIpc) is 3.68. The third kappa shape index (κ3) is 8.29. The number of halogens is 1. The van der Waals surface area contributed by atoms with Gasteiger partial charge in [-0.05, 0) is 13.0 Å². The quantitative estimate of drug-likeness (QED) is 0.152. The summed E-state index contributed by atoms with van der Waals surface area (Å²) in [4.78, 5) is 15.7. The van der Waals surface area contributed by atoms with Crippen LogP contribution in [-0.4, -0.2) is 59.0 Å². The molecule has 0 amide bonds. The van der Waals surface area contributed by atoms with Crippen LogP contribution in [0.15, 0.2) is 52.5 Å². The van der Waals surface area contributed by atoms with Gasteiger partial charge >= 0.3 is 124 Å². The molecule has 0 aliphatic carbocycles. The van der Waals surface area contributed by atoms with E-state index in [9.17, 15) is 4.39 Å².